The number of aliphatic hydroxyl groups excluding tert-OH is 1. The molecule has 4 heteroatoms. The van der Waals surface area contributed by atoms with E-state index in [0.29, 0.717) is 6.54 Å². The Labute approximate surface area is 130 Å². The van der Waals surface area contributed by atoms with Gasteiger partial charge in [0.1, 0.15) is 6.10 Å². The zero-order valence-electron chi connectivity index (χ0n) is 10.7. The molecule has 2 aromatic carbocycles. The van der Waals surface area contributed by atoms with Gasteiger partial charge in [-0.25, -0.2) is 0 Å². The quantitative estimate of drug-likeness (QED) is 0.709. The van der Waals surface area contributed by atoms with Crippen molar-refractivity contribution in [1.29, 1.82) is 0 Å². The molecule has 1 aromatic heterocycles. The second-order valence-corrected chi connectivity index (χ2v) is 6.39. The van der Waals surface area contributed by atoms with E-state index in [1.807, 2.05) is 41.8 Å². The average molecular weight is 348 g/mol. The number of aliphatic hydroxyl groups is 1. The predicted molar refractivity (Wildman–Crippen MR) is 89.4 cm³/mol. The van der Waals surface area contributed by atoms with Gasteiger partial charge in [-0.05, 0) is 29.0 Å². The third-order valence-electron chi connectivity index (χ3n) is 3.23. The standard InChI is InChI=1S/C16H14BrNOS/c17-13-7-8-14(12-5-2-1-4-11(12)13)18-10-15(19)16-6-3-9-20-16/h1-9,15,18-19H,10H2. The van der Waals surface area contributed by atoms with Gasteiger partial charge in [-0.15, -0.1) is 11.3 Å². The normalized spacial score (nSPS) is 12.5. The van der Waals surface area contributed by atoms with E-state index < -0.39 is 6.10 Å². The molecule has 0 saturated carbocycles. The lowest BCUT2D eigenvalue weighted by molar-refractivity contribution is 0.195. The Bertz CT molecular complexity index is 712. The van der Waals surface area contributed by atoms with Crippen LogP contribution in [0.3, 0.4) is 0 Å². The van der Waals surface area contributed by atoms with Crippen molar-refractivity contribution < 1.29 is 5.11 Å². The summed E-state index contributed by atoms with van der Waals surface area (Å²) in [5, 5.41) is 17.8. The largest absolute Gasteiger partial charge is 0.386 e. The summed E-state index contributed by atoms with van der Waals surface area (Å²) in [4.78, 5) is 0.985. The maximum absolute atomic E-state index is 10.1. The molecule has 2 nitrogen and oxygen atoms in total. The van der Waals surface area contributed by atoms with Gasteiger partial charge in [-0.1, -0.05) is 46.3 Å². The highest BCUT2D eigenvalue weighted by atomic mass is 79.9. The van der Waals surface area contributed by atoms with Gasteiger partial charge in [-0.3, -0.25) is 0 Å². The van der Waals surface area contributed by atoms with E-state index in [4.69, 9.17) is 0 Å². The average Bonchev–Trinajstić information content (AvgIpc) is 3.01. The Kier molecular flexibility index (Phi) is 4.05. The van der Waals surface area contributed by atoms with E-state index in [1.165, 1.54) is 5.39 Å². The smallest absolute Gasteiger partial charge is 0.105 e. The summed E-state index contributed by atoms with van der Waals surface area (Å²) < 4.78 is 1.08. The van der Waals surface area contributed by atoms with Crippen molar-refractivity contribution in [2.75, 3.05) is 11.9 Å². The molecule has 1 unspecified atom stereocenters. The molecule has 2 N–H and O–H groups in total. The van der Waals surface area contributed by atoms with Gasteiger partial charge in [0.15, 0.2) is 0 Å². The van der Waals surface area contributed by atoms with Crippen molar-refractivity contribution in [3.8, 4) is 0 Å². The monoisotopic (exact) mass is 347 g/mol. The fraction of sp³-hybridized carbons (Fsp3) is 0.125. The summed E-state index contributed by atoms with van der Waals surface area (Å²) in [5.74, 6) is 0. The van der Waals surface area contributed by atoms with Crippen LogP contribution in [0.15, 0.2) is 58.4 Å². The first kappa shape index (κ1) is 13.6. The number of nitrogens with one attached hydrogen (secondary N) is 1. The van der Waals surface area contributed by atoms with Gasteiger partial charge in [0.25, 0.3) is 0 Å². The molecule has 3 aromatic rings. The van der Waals surface area contributed by atoms with Crippen LogP contribution < -0.4 is 5.32 Å². The number of halogens is 1. The third-order valence-corrected chi connectivity index (χ3v) is 4.89. The van der Waals surface area contributed by atoms with Crippen molar-refractivity contribution in [3.63, 3.8) is 0 Å². The van der Waals surface area contributed by atoms with E-state index in [2.05, 4.69) is 33.4 Å². The maximum atomic E-state index is 10.1. The molecule has 102 valence electrons. The van der Waals surface area contributed by atoms with Crippen LogP contribution in [0.4, 0.5) is 5.69 Å². The van der Waals surface area contributed by atoms with Crippen molar-refractivity contribution in [1.82, 2.24) is 0 Å². The predicted octanol–water partition coefficient (Wildman–Crippen LogP) is 4.81. The highest BCUT2D eigenvalue weighted by Crippen LogP contribution is 2.30. The van der Waals surface area contributed by atoms with Crippen molar-refractivity contribution in [2.45, 2.75) is 6.10 Å². The van der Waals surface area contributed by atoms with Crippen LogP contribution in [0.25, 0.3) is 10.8 Å². The number of benzene rings is 2. The third kappa shape index (κ3) is 2.73. The zero-order valence-corrected chi connectivity index (χ0v) is 13.1. The van der Waals surface area contributed by atoms with Gasteiger partial charge < -0.3 is 10.4 Å². The first-order valence-electron chi connectivity index (χ1n) is 6.38. The minimum Gasteiger partial charge on any atom is -0.386 e. The van der Waals surface area contributed by atoms with Crippen LogP contribution in [-0.4, -0.2) is 11.7 Å². The number of hydrogen-bond donors (Lipinski definition) is 2. The fourth-order valence-electron chi connectivity index (χ4n) is 2.20. The topological polar surface area (TPSA) is 32.3 Å². The zero-order chi connectivity index (χ0) is 13.9. The number of anilines is 1. The Morgan fingerprint density at radius 2 is 1.85 bits per heavy atom. The molecule has 0 bridgehead atoms. The Morgan fingerprint density at radius 3 is 2.60 bits per heavy atom. The molecule has 1 atom stereocenters. The number of thiophene rings is 1. The Morgan fingerprint density at radius 1 is 1.05 bits per heavy atom. The van der Waals surface area contributed by atoms with Crippen LogP contribution in [0.1, 0.15) is 11.0 Å². The highest BCUT2D eigenvalue weighted by molar-refractivity contribution is 9.10. The maximum Gasteiger partial charge on any atom is 0.105 e. The lowest BCUT2D eigenvalue weighted by atomic mass is 10.1. The number of rotatable bonds is 4. The summed E-state index contributed by atoms with van der Waals surface area (Å²) in [6.45, 7) is 0.506. The summed E-state index contributed by atoms with van der Waals surface area (Å²) in [6, 6.07) is 16.2. The highest BCUT2D eigenvalue weighted by Gasteiger charge is 2.09. The molecule has 0 radical (unpaired) electrons. The van der Waals surface area contributed by atoms with Crippen molar-refractivity contribution in [3.05, 3.63) is 63.3 Å². The van der Waals surface area contributed by atoms with E-state index >= 15 is 0 Å². The summed E-state index contributed by atoms with van der Waals surface area (Å²) in [6.07, 6.45) is -0.475. The van der Waals surface area contributed by atoms with Crippen LogP contribution in [-0.2, 0) is 0 Å². The van der Waals surface area contributed by atoms with Crippen LogP contribution >= 0.6 is 27.3 Å². The van der Waals surface area contributed by atoms with E-state index in [0.717, 1.165) is 20.4 Å². The molecule has 0 spiro atoms. The van der Waals surface area contributed by atoms with Gasteiger partial charge in [0, 0.05) is 27.0 Å². The van der Waals surface area contributed by atoms with Crippen molar-refractivity contribution in [2.24, 2.45) is 0 Å². The molecule has 0 aliphatic carbocycles. The van der Waals surface area contributed by atoms with Gasteiger partial charge in [0.2, 0.25) is 0 Å². The second kappa shape index (κ2) is 5.95. The van der Waals surface area contributed by atoms with E-state index in [1.54, 1.807) is 11.3 Å². The first-order chi connectivity index (χ1) is 9.75. The summed E-state index contributed by atoms with van der Waals surface area (Å²) in [5.41, 5.74) is 1.04. The van der Waals surface area contributed by atoms with Crippen LogP contribution in [0, 0.1) is 0 Å². The van der Waals surface area contributed by atoms with E-state index in [-0.39, 0.29) is 0 Å². The van der Waals surface area contributed by atoms with Crippen molar-refractivity contribution >= 4 is 43.7 Å². The number of fused-ring (bicyclic) bond motifs is 1. The minimum atomic E-state index is -0.475. The second-order valence-electron chi connectivity index (χ2n) is 4.55. The van der Waals surface area contributed by atoms with Crippen LogP contribution in [0.2, 0.25) is 0 Å². The van der Waals surface area contributed by atoms with Crippen LogP contribution in [0.5, 0.6) is 0 Å². The van der Waals surface area contributed by atoms with Gasteiger partial charge >= 0.3 is 0 Å². The molecule has 3 rings (SSSR count). The Balaban J connectivity index is 1.83. The van der Waals surface area contributed by atoms with E-state index in [9.17, 15) is 5.11 Å². The molecular weight excluding hydrogens is 334 g/mol. The lowest BCUT2D eigenvalue weighted by Gasteiger charge is -2.14. The van der Waals surface area contributed by atoms with Gasteiger partial charge in [-0.2, -0.15) is 0 Å². The molecule has 0 amide bonds. The molecular formula is C16H14BrNOS. The minimum absolute atomic E-state index is 0.475. The molecule has 0 aliphatic heterocycles. The summed E-state index contributed by atoms with van der Waals surface area (Å²) in [7, 11) is 0. The number of hydrogen-bond acceptors (Lipinski definition) is 3. The molecule has 1 heterocycles. The SMILES string of the molecule is OC(CNc1ccc(Br)c2ccccc12)c1cccs1. The molecule has 0 aliphatic rings. The Hall–Kier alpha value is -1.36. The lowest BCUT2D eigenvalue weighted by Crippen LogP contribution is -2.11. The molecule has 0 fully saturated rings. The summed E-state index contributed by atoms with van der Waals surface area (Å²) >= 11 is 5.14. The van der Waals surface area contributed by atoms with Gasteiger partial charge in [0.05, 0.1) is 0 Å². The fourth-order valence-corrected chi connectivity index (χ4v) is 3.39. The first-order valence-corrected chi connectivity index (χ1v) is 8.05. The molecule has 0 saturated heterocycles. The molecule has 20 heavy (non-hydrogen) atoms.